The highest BCUT2D eigenvalue weighted by atomic mass is 16.3. The molecule has 2 heteroatoms. The molecule has 0 bridgehead atoms. The molecule has 1 aliphatic heterocycles. The molecule has 110 valence electrons. The fraction of sp³-hybridized carbons (Fsp3) is 0.368. The van der Waals surface area contributed by atoms with E-state index >= 15 is 0 Å². The summed E-state index contributed by atoms with van der Waals surface area (Å²) in [6.07, 6.45) is 3.59. The fourth-order valence-electron chi connectivity index (χ4n) is 3.55. The van der Waals surface area contributed by atoms with E-state index in [2.05, 4.69) is 65.6 Å². The molecule has 0 aromatic heterocycles. The lowest BCUT2D eigenvalue weighted by Crippen LogP contribution is -2.38. The molecule has 0 amide bonds. The normalized spacial score (nSPS) is 23.1. The molecule has 2 aromatic rings. The molecule has 1 aliphatic rings. The van der Waals surface area contributed by atoms with Gasteiger partial charge in [0, 0.05) is 18.6 Å². The second kappa shape index (κ2) is 6.88. The summed E-state index contributed by atoms with van der Waals surface area (Å²) in [5.74, 6) is 0. The van der Waals surface area contributed by atoms with Gasteiger partial charge in [-0.2, -0.15) is 0 Å². The quantitative estimate of drug-likeness (QED) is 0.917. The molecule has 2 nitrogen and oxygen atoms in total. The van der Waals surface area contributed by atoms with E-state index in [0.717, 1.165) is 6.54 Å². The molecule has 2 aromatic carbocycles. The first kappa shape index (κ1) is 14.3. The van der Waals surface area contributed by atoms with Crippen molar-refractivity contribution < 1.29 is 5.11 Å². The van der Waals surface area contributed by atoms with Crippen LogP contribution in [0.2, 0.25) is 0 Å². The number of nitrogens with zero attached hydrogens (tertiary/aromatic N) is 1. The summed E-state index contributed by atoms with van der Waals surface area (Å²) in [6.45, 7) is 0.950. The van der Waals surface area contributed by atoms with Gasteiger partial charge in [0.1, 0.15) is 0 Å². The highest BCUT2D eigenvalue weighted by Crippen LogP contribution is 2.41. The maximum absolute atomic E-state index is 9.51. The van der Waals surface area contributed by atoms with E-state index in [1.165, 1.54) is 30.4 Å². The Morgan fingerprint density at radius 1 is 0.810 bits per heavy atom. The van der Waals surface area contributed by atoms with Crippen LogP contribution in [0.15, 0.2) is 60.7 Å². The molecule has 1 fully saturated rings. The highest BCUT2D eigenvalue weighted by Gasteiger charge is 2.31. The number of aliphatic hydroxyl groups is 1. The zero-order chi connectivity index (χ0) is 14.5. The maximum Gasteiger partial charge on any atom is 0.0558 e. The molecular formula is C19H23NO. The van der Waals surface area contributed by atoms with Gasteiger partial charge in [0.05, 0.1) is 6.61 Å². The van der Waals surface area contributed by atoms with Crippen LogP contribution in [0.4, 0.5) is 0 Å². The van der Waals surface area contributed by atoms with Gasteiger partial charge in [-0.3, -0.25) is 4.90 Å². The standard InChI is InChI=1S/C19H23NO/c21-15-14-20-18(16-8-3-1-4-9-16)12-7-13-19(20)17-10-5-2-6-11-17/h1-6,8-11,18-19,21H,7,12-15H2/t18-,19+. The molecule has 21 heavy (non-hydrogen) atoms. The Balaban J connectivity index is 1.90. The third-order valence-electron chi connectivity index (χ3n) is 4.48. The lowest BCUT2D eigenvalue weighted by atomic mass is 9.87. The highest BCUT2D eigenvalue weighted by molar-refractivity contribution is 5.24. The molecule has 3 rings (SSSR count). The molecule has 0 spiro atoms. The molecule has 0 radical (unpaired) electrons. The predicted octanol–water partition coefficient (Wildman–Crippen LogP) is 3.95. The van der Waals surface area contributed by atoms with Crippen molar-refractivity contribution in [3.8, 4) is 0 Å². The number of rotatable bonds is 4. The van der Waals surface area contributed by atoms with Crippen molar-refractivity contribution in [2.24, 2.45) is 0 Å². The van der Waals surface area contributed by atoms with E-state index in [1.54, 1.807) is 0 Å². The summed E-state index contributed by atoms with van der Waals surface area (Å²) in [5.41, 5.74) is 2.73. The second-order valence-electron chi connectivity index (χ2n) is 5.75. The minimum Gasteiger partial charge on any atom is -0.395 e. The fourth-order valence-corrected chi connectivity index (χ4v) is 3.55. The van der Waals surface area contributed by atoms with Gasteiger partial charge in [-0.15, -0.1) is 0 Å². The summed E-state index contributed by atoms with van der Waals surface area (Å²) < 4.78 is 0. The summed E-state index contributed by atoms with van der Waals surface area (Å²) in [6, 6.07) is 22.2. The molecule has 0 unspecified atom stereocenters. The van der Waals surface area contributed by atoms with Crippen molar-refractivity contribution in [2.45, 2.75) is 31.3 Å². The molecule has 2 atom stereocenters. The first-order valence-corrected chi connectivity index (χ1v) is 7.86. The predicted molar refractivity (Wildman–Crippen MR) is 86.0 cm³/mol. The minimum absolute atomic E-state index is 0.215. The van der Waals surface area contributed by atoms with Crippen molar-refractivity contribution in [3.05, 3.63) is 71.8 Å². The van der Waals surface area contributed by atoms with E-state index < -0.39 is 0 Å². The average Bonchev–Trinajstić information content (AvgIpc) is 2.57. The minimum atomic E-state index is 0.215. The molecule has 1 saturated heterocycles. The first-order chi connectivity index (χ1) is 10.4. The van der Waals surface area contributed by atoms with E-state index in [0.29, 0.717) is 12.1 Å². The van der Waals surface area contributed by atoms with Gasteiger partial charge >= 0.3 is 0 Å². The molecule has 0 aliphatic carbocycles. The van der Waals surface area contributed by atoms with Crippen LogP contribution in [0.5, 0.6) is 0 Å². The molecule has 1 N–H and O–H groups in total. The van der Waals surface area contributed by atoms with Crippen LogP contribution in [0.1, 0.15) is 42.5 Å². The summed E-state index contributed by atoms with van der Waals surface area (Å²) >= 11 is 0. The molecule has 0 saturated carbocycles. The van der Waals surface area contributed by atoms with E-state index in [1.807, 2.05) is 0 Å². The number of β-amino-alcohol motifs (C(OH)–C–C–N with tert-alkyl or cyclic N) is 1. The monoisotopic (exact) mass is 281 g/mol. The summed E-state index contributed by atoms with van der Waals surface area (Å²) in [5, 5.41) is 9.51. The smallest absolute Gasteiger partial charge is 0.0558 e. The molecule has 1 heterocycles. The second-order valence-corrected chi connectivity index (χ2v) is 5.75. The van der Waals surface area contributed by atoms with Crippen molar-refractivity contribution in [1.29, 1.82) is 0 Å². The Hall–Kier alpha value is -1.64. The van der Waals surface area contributed by atoms with Crippen LogP contribution in [0.3, 0.4) is 0 Å². The number of piperidine rings is 1. The van der Waals surface area contributed by atoms with Crippen LogP contribution in [0.25, 0.3) is 0 Å². The van der Waals surface area contributed by atoms with Gasteiger partial charge in [-0.1, -0.05) is 60.7 Å². The summed E-state index contributed by atoms with van der Waals surface area (Å²) in [7, 11) is 0. The maximum atomic E-state index is 9.51. The van der Waals surface area contributed by atoms with Gasteiger partial charge in [0.15, 0.2) is 0 Å². The van der Waals surface area contributed by atoms with Crippen molar-refractivity contribution in [3.63, 3.8) is 0 Å². The third kappa shape index (κ3) is 3.17. The van der Waals surface area contributed by atoms with E-state index in [-0.39, 0.29) is 6.61 Å². The zero-order valence-corrected chi connectivity index (χ0v) is 12.4. The first-order valence-electron chi connectivity index (χ1n) is 7.86. The Morgan fingerprint density at radius 2 is 1.29 bits per heavy atom. The van der Waals surface area contributed by atoms with E-state index in [9.17, 15) is 5.11 Å². The van der Waals surface area contributed by atoms with E-state index in [4.69, 9.17) is 0 Å². The number of aliphatic hydroxyl groups excluding tert-OH is 1. The Kier molecular flexibility index (Phi) is 4.69. The Morgan fingerprint density at radius 3 is 1.71 bits per heavy atom. The van der Waals surface area contributed by atoms with Gasteiger partial charge in [0.2, 0.25) is 0 Å². The number of hydrogen-bond donors (Lipinski definition) is 1. The lowest BCUT2D eigenvalue weighted by Gasteiger charge is -2.42. The van der Waals surface area contributed by atoms with Crippen molar-refractivity contribution in [1.82, 2.24) is 4.90 Å². The number of hydrogen-bond acceptors (Lipinski definition) is 2. The third-order valence-corrected chi connectivity index (χ3v) is 4.48. The van der Waals surface area contributed by atoms with Crippen molar-refractivity contribution in [2.75, 3.05) is 13.2 Å². The SMILES string of the molecule is OCCN1[C@@H](c2ccccc2)CCC[C@H]1c1ccccc1. The largest absolute Gasteiger partial charge is 0.395 e. The zero-order valence-electron chi connectivity index (χ0n) is 12.4. The van der Waals surface area contributed by atoms with Crippen LogP contribution in [-0.4, -0.2) is 23.2 Å². The Labute approximate surface area is 127 Å². The van der Waals surface area contributed by atoms with Gasteiger partial charge in [-0.05, 0) is 30.4 Å². The topological polar surface area (TPSA) is 23.5 Å². The van der Waals surface area contributed by atoms with Crippen LogP contribution in [0, 0.1) is 0 Å². The number of benzene rings is 2. The van der Waals surface area contributed by atoms with Crippen LogP contribution in [-0.2, 0) is 0 Å². The Bertz CT molecular complexity index is 493. The van der Waals surface area contributed by atoms with Crippen molar-refractivity contribution >= 4 is 0 Å². The van der Waals surface area contributed by atoms with Gasteiger partial charge < -0.3 is 5.11 Å². The van der Waals surface area contributed by atoms with Gasteiger partial charge in [-0.25, -0.2) is 0 Å². The lowest BCUT2D eigenvalue weighted by molar-refractivity contribution is 0.0616. The summed E-state index contributed by atoms with van der Waals surface area (Å²) in [4.78, 5) is 2.48. The number of likely N-dealkylation sites (tertiary alicyclic amines) is 1. The average molecular weight is 281 g/mol. The van der Waals surface area contributed by atoms with Crippen LogP contribution >= 0.6 is 0 Å². The van der Waals surface area contributed by atoms with Crippen LogP contribution < -0.4 is 0 Å². The van der Waals surface area contributed by atoms with Gasteiger partial charge in [0.25, 0.3) is 0 Å². The molecular weight excluding hydrogens is 258 g/mol.